The summed E-state index contributed by atoms with van der Waals surface area (Å²) < 4.78 is 0. The van der Waals surface area contributed by atoms with E-state index in [1.807, 2.05) is 11.8 Å². The van der Waals surface area contributed by atoms with Crippen molar-refractivity contribution >= 4 is 33.3 Å². The Balaban J connectivity index is 1.28. The first-order chi connectivity index (χ1) is 22.8. The van der Waals surface area contributed by atoms with E-state index in [0.29, 0.717) is 0 Å². The second kappa shape index (κ2) is 9.81. The molecule has 1 heterocycles. The molecule has 1 heteroatoms. The Hall–Kier alpha value is -5.37. The number of fused-ring (bicyclic) bond motifs is 7. The summed E-state index contributed by atoms with van der Waals surface area (Å²) in [5.74, 6) is 0. The molecule has 1 aliphatic carbocycles. The normalized spacial score (nSPS) is 15.8. The van der Waals surface area contributed by atoms with Crippen molar-refractivity contribution in [3.05, 3.63) is 192 Å². The van der Waals surface area contributed by atoms with Gasteiger partial charge in [-0.3, -0.25) is 0 Å². The molecule has 0 bridgehead atoms. The smallest absolute Gasteiger partial charge is 0.0719 e. The minimum Gasteiger partial charge on any atom is -0.0888 e. The Morgan fingerprint density at radius 1 is 0.391 bits per heavy atom. The Labute approximate surface area is 273 Å². The standard InChI is InChI=1S/C45H28S/c1-2-14-31(15-3-1)45(40-22-8-6-18-35(40)39-25-24-29-12-4-5-17-34(29)44(39)45)32-16-10-13-30(28-32)33-26-27-42-43-37(33)20-11-21-38(43)36-19-7-9-23-41(36)46-42/h1-28H. The predicted molar refractivity (Wildman–Crippen MR) is 194 cm³/mol. The molecule has 0 radical (unpaired) electrons. The highest BCUT2D eigenvalue weighted by atomic mass is 32.2. The van der Waals surface area contributed by atoms with Crippen LogP contribution in [0.15, 0.2) is 180 Å². The topological polar surface area (TPSA) is 0 Å². The van der Waals surface area contributed by atoms with Gasteiger partial charge in [-0.1, -0.05) is 163 Å². The zero-order valence-electron chi connectivity index (χ0n) is 25.1. The number of hydrogen-bond donors (Lipinski definition) is 0. The maximum Gasteiger partial charge on any atom is 0.0719 e. The highest BCUT2D eigenvalue weighted by molar-refractivity contribution is 7.99. The molecule has 1 unspecified atom stereocenters. The quantitative estimate of drug-likeness (QED) is 0.194. The summed E-state index contributed by atoms with van der Waals surface area (Å²) in [4.78, 5) is 2.66. The Bertz CT molecular complexity index is 2510. The van der Waals surface area contributed by atoms with E-state index >= 15 is 0 Å². The molecule has 1 aliphatic heterocycles. The molecule has 0 nitrogen and oxygen atoms in total. The molecule has 8 aromatic carbocycles. The second-order valence-electron chi connectivity index (χ2n) is 12.4. The Kier molecular flexibility index (Phi) is 5.53. The maximum atomic E-state index is 2.47. The number of benzene rings is 8. The van der Waals surface area contributed by atoms with Crippen LogP contribution < -0.4 is 0 Å². The molecule has 0 spiro atoms. The van der Waals surface area contributed by atoms with E-state index in [2.05, 4.69) is 170 Å². The van der Waals surface area contributed by atoms with Crippen LogP contribution in [0.2, 0.25) is 0 Å². The van der Waals surface area contributed by atoms with Crippen molar-refractivity contribution in [1.29, 1.82) is 0 Å². The number of hydrogen-bond acceptors (Lipinski definition) is 1. The van der Waals surface area contributed by atoms with Crippen LogP contribution in [0.4, 0.5) is 0 Å². The van der Waals surface area contributed by atoms with Gasteiger partial charge in [0.15, 0.2) is 0 Å². The summed E-state index contributed by atoms with van der Waals surface area (Å²) in [5, 5.41) is 5.24. The summed E-state index contributed by atoms with van der Waals surface area (Å²) >= 11 is 1.88. The molecule has 2 aliphatic rings. The molecule has 10 rings (SSSR count). The highest BCUT2D eigenvalue weighted by Gasteiger charge is 2.47. The van der Waals surface area contributed by atoms with Gasteiger partial charge in [0.2, 0.25) is 0 Å². The van der Waals surface area contributed by atoms with Gasteiger partial charge in [-0.2, -0.15) is 0 Å². The summed E-state index contributed by atoms with van der Waals surface area (Å²) in [6, 6.07) is 63.3. The third kappa shape index (κ3) is 3.47. The third-order valence-electron chi connectivity index (χ3n) is 10.1. The Morgan fingerprint density at radius 2 is 1.09 bits per heavy atom. The summed E-state index contributed by atoms with van der Waals surface area (Å²) in [6.07, 6.45) is 0. The first-order valence-electron chi connectivity index (χ1n) is 15.9. The van der Waals surface area contributed by atoms with Crippen molar-refractivity contribution in [3.8, 4) is 33.4 Å². The van der Waals surface area contributed by atoms with Crippen molar-refractivity contribution < 1.29 is 0 Å². The van der Waals surface area contributed by atoms with Crippen molar-refractivity contribution in [3.63, 3.8) is 0 Å². The monoisotopic (exact) mass is 600 g/mol. The summed E-state index contributed by atoms with van der Waals surface area (Å²) in [7, 11) is 0. The van der Waals surface area contributed by atoms with Gasteiger partial charge in [0.25, 0.3) is 0 Å². The fourth-order valence-electron chi connectivity index (χ4n) is 8.29. The van der Waals surface area contributed by atoms with Crippen LogP contribution in [0.5, 0.6) is 0 Å². The van der Waals surface area contributed by atoms with E-state index in [4.69, 9.17) is 0 Å². The zero-order valence-corrected chi connectivity index (χ0v) is 25.9. The van der Waals surface area contributed by atoms with Crippen molar-refractivity contribution in [2.24, 2.45) is 0 Å². The van der Waals surface area contributed by atoms with Gasteiger partial charge in [0.1, 0.15) is 0 Å². The van der Waals surface area contributed by atoms with E-state index in [9.17, 15) is 0 Å². The molecule has 0 saturated heterocycles. The SMILES string of the molecule is c1ccc(C2(c3cccc(-c4ccc5c6c(cccc46)-c4ccccc4S5)c3)c3ccccc3-c3ccc4ccccc4c32)cc1. The first kappa shape index (κ1) is 25.9. The molecular formula is C45H28S. The molecule has 214 valence electrons. The molecule has 8 aromatic rings. The van der Waals surface area contributed by atoms with Gasteiger partial charge in [-0.05, 0) is 90.0 Å². The van der Waals surface area contributed by atoms with E-state index < -0.39 is 5.41 Å². The van der Waals surface area contributed by atoms with Gasteiger partial charge in [0, 0.05) is 15.2 Å². The maximum absolute atomic E-state index is 2.47. The lowest BCUT2D eigenvalue weighted by Gasteiger charge is -2.35. The lowest BCUT2D eigenvalue weighted by Crippen LogP contribution is -2.29. The highest BCUT2D eigenvalue weighted by Crippen LogP contribution is 2.58. The minimum atomic E-state index is -0.467. The molecule has 0 amide bonds. The molecule has 0 saturated carbocycles. The number of rotatable bonds is 3. The van der Waals surface area contributed by atoms with Gasteiger partial charge < -0.3 is 0 Å². The minimum absolute atomic E-state index is 0.467. The van der Waals surface area contributed by atoms with Crippen LogP contribution in [0.1, 0.15) is 22.3 Å². The van der Waals surface area contributed by atoms with E-state index in [0.717, 1.165) is 0 Å². The lowest BCUT2D eigenvalue weighted by molar-refractivity contribution is 0.776. The summed E-state index contributed by atoms with van der Waals surface area (Å²) in [6.45, 7) is 0. The molecule has 1 atom stereocenters. The third-order valence-corrected chi connectivity index (χ3v) is 11.3. The summed E-state index contributed by atoms with van der Waals surface area (Å²) in [5.41, 5.74) is 12.6. The first-order valence-corrected chi connectivity index (χ1v) is 16.8. The van der Waals surface area contributed by atoms with Crippen molar-refractivity contribution in [2.45, 2.75) is 15.2 Å². The average Bonchev–Trinajstić information content (AvgIpc) is 3.44. The molecule has 0 fully saturated rings. The van der Waals surface area contributed by atoms with Gasteiger partial charge in [0.05, 0.1) is 5.41 Å². The van der Waals surface area contributed by atoms with Crippen LogP contribution >= 0.6 is 11.8 Å². The van der Waals surface area contributed by atoms with Crippen LogP contribution in [-0.4, -0.2) is 0 Å². The van der Waals surface area contributed by atoms with Gasteiger partial charge in [-0.25, -0.2) is 0 Å². The van der Waals surface area contributed by atoms with Gasteiger partial charge >= 0.3 is 0 Å². The van der Waals surface area contributed by atoms with Crippen LogP contribution in [0.25, 0.3) is 54.9 Å². The fraction of sp³-hybridized carbons (Fsp3) is 0.0222. The predicted octanol–water partition coefficient (Wildman–Crippen LogP) is 12.2. The average molecular weight is 601 g/mol. The van der Waals surface area contributed by atoms with Crippen LogP contribution in [-0.2, 0) is 5.41 Å². The largest absolute Gasteiger partial charge is 0.0888 e. The van der Waals surface area contributed by atoms with E-state index in [-0.39, 0.29) is 0 Å². The Morgan fingerprint density at radius 3 is 2.02 bits per heavy atom. The van der Waals surface area contributed by atoms with Crippen LogP contribution in [0.3, 0.4) is 0 Å². The van der Waals surface area contributed by atoms with Crippen LogP contribution in [0, 0.1) is 0 Å². The molecular weight excluding hydrogens is 573 g/mol. The van der Waals surface area contributed by atoms with Crippen molar-refractivity contribution in [1.82, 2.24) is 0 Å². The van der Waals surface area contributed by atoms with Crippen molar-refractivity contribution in [2.75, 3.05) is 0 Å². The van der Waals surface area contributed by atoms with E-state index in [1.165, 1.54) is 87.0 Å². The lowest BCUT2D eigenvalue weighted by atomic mass is 9.66. The molecule has 0 N–H and O–H groups in total. The second-order valence-corrected chi connectivity index (χ2v) is 13.5. The molecule has 0 aromatic heterocycles. The van der Waals surface area contributed by atoms with Gasteiger partial charge in [-0.15, -0.1) is 0 Å². The van der Waals surface area contributed by atoms with E-state index in [1.54, 1.807) is 0 Å². The molecule has 46 heavy (non-hydrogen) atoms. The zero-order chi connectivity index (χ0) is 30.2. The fourth-order valence-corrected chi connectivity index (χ4v) is 9.42.